The van der Waals surface area contributed by atoms with Gasteiger partial charge in [-0.3, -0.25) is 0 Å². The minimum atomic E-state index is -3.82. The van der Waals surface area contributed by atoms with E-state index in [1.54, 1.807) is 24.3 Å². The molecule has 7 heteroatoms. The lowest BCUT2D eigenvalue weighted by Crippen LogP contribution is -2.30. The Hall–Kier alpha value is -4.20. The van der Waals surface area contributed by atoms with Crippen molar-refractivity contribution in [2.45, 2.75) is 24.9 Å². The molecule has 0 bridgehead atoms. The molecule has 0 radical (unpaired) electrons. The summed E-state index contributed by atoms with van der Waals surface area (Å²) in [5.41, 5.74) is 4.66. The molecule has 1 aromatic heterocycles. The van der Waals surface area contributed by atoms with Crippen LogP contribution < -0.4 is 5.76 Å². The molecule has 0 amide bonds. The molecule has 0 fully saturated rings. The molecule has 0 unspecified atom stereocenters. The first-order valence-electron chi connectivity index (χ1n) is 11.9. The fourth-order valence-corrected chi connectivity index (χ4v) is 5.71. The van der Waals surface area contributed by atoms with E-state index in [1.807, 2.05) is 91.9 Å². The highest BCUT2D eigenvalue weighted by Gasteiger charge is 2.25. The fourth-order valence-electron chi connectivity index (χ4n) is 4.30. The maximum absolute atomic E-state index is 13.8. The number of nitrogens with zero attached hydrogens (tertiary/aromatic N) is 2. The minimum absolute atomic E-state index is 0.177. The third-order valence-electron chi connectivity index (χ3n) is 6.24. The first-order chi connectivity index (χ1) is 17.9. The Bertz CT molecular complexity index is 1620. The quantitative estimate of drug-likeness (QED) is 0.265. The van der Waals surface area contributed by atoms with Crippen LogP contribution in [-0.2, 0) is 23.1 Å². The lowest BCUT2D eigenvalue weighted by atomic mass is 10.1. The maximum Gasteiger partial charge on any atom is 0.424 e. The summed E-state index contributed by atoms with van der Waals surface area (Å²) in [6, 6.07) is 33.2. The third kappa shape index (κ3) is 5.18. The topological polar surface area (TPSA) is 72.5 Å². The lowest BCUT2D eigenvalue weighted by molar-refractivity contribution is 0.401. The van der Waals surface area contributed by atoms with Crippen LogP contribution in [0.15, 0.2) is 130 Å². The Morgan fingerprint density at radius 3 is 1.84 bits per heavy atom. The summed E-state index contributed by atoms with van der Waals surface area (Å²) in [7, 11) is -3.82. The first-order valence-corrected chi connectivity index (χ1v) is 13.3. The van der Waals surface area contributed by atoms with Crippen LogP contribution in [0.1, 0.15) is 16.7 Å². The maximum atomic E-state index is 13.8. The molecule has 186 valence electrons. The van der Waals surface area contributed by atoms with Crippen LogP contribution in [0.3, 0.4) is 0 Å². The smallest absolute Gasteiger partial charge is 0.415 e. The first kappa shape index (κ1) is 24.5. The van der Waals surface area contributed by atoms with E-state index in [0.29, 0.717) is 16.9 Å². The van der Waals surface area contributed by atoms with Gasteiger partial charge in [-0.1, -0.05) is 91.0 Å². The molecule has 0 N–H and O–H groups in total. The van der Waals surface area contributed by atoms with E-state index in [4.69, 9.17) is 4.42 Å². The van der Waals surface area contributed by atoms with Gasteiger partial charge in [0.15, 0.2) is 0 Å². The van der Waals surface area contributed by atoms with E-state index in [9.17, 15) is 13.2 Å². The van der Waals surface area contributed by atoms with Crippen molar-refractivity contribution in [1.82, 2.24) is 8.87 Å². The SMILES string of the molecule is Cc1ccccc1-n1c(-c2ccc(S(=O)(=O)N(Cc3ccccc3)Cc3ccccc3)cc2)coc1=O. The fraction of sp³-hybridized carbons (Fsp3) is 0.100. The average Bonchev–Trinajstić information content (AvgIpc) is 3.31. The zero-order valence-electron chi connectivity index (χ0n) is 20.3. The highest BCUT2D eigenvalue weighted by atomic mass is 32.2. The van der Waals surface area contributed by atoms with Gasteiger partial charge in [0.25, 0.3) is 0 Å². The Labute approximate surface area is 216 Å². The van der Waals surface area contributed by atoms with E-state index >= 15 is 0 Å². The van der Waals surface area contributed by atoms with Crippen LogP contribution in [0.5, 0.6) is 0 Å². The Balaban J connectivity index is 1.49. The minimum Gasteiger partial charge on any atom is -0.415 e. The average molecular weight is 511 g/mol. The summed E-state index contributed by atoms with van der Waals surface area (Å²) in [5.74, 6) is -0.502. The molecule has 6 nitrogen and oxygen atoms in total. The van der Waals surface area contributed by atoms with Gasteiger partial charge in [0, 0.05) is 18.7 Å². The van der Waals surface area contributed by atoms with Crippen LogP contribution in [0, 0.1) is 6.92 Å². The molecule has 0 atom stereocenters. The second-order valence-corrected chi connectivity index (χ2v) is 10.7. The van der Waals surface area contributed by atoms with Gasteiger partial charge in [-0.25, -0.2) is 17.8 Å². The number of hydrogen-bond acceptors (Lipinski definition) is 4. The summed E-state index contributed by atoms with van der Waals surface area (Å²) in [6.07, 6.45) is 1.40. The molecule has 0 saturated carbocycles. The zero-order chi connectivity index (χ0) is 25.8. The van der Waals surface area contributed by atoms with Gasteiger partial charge in [-0.15, -0.1) is 0 Å². The van der Waals surface area contributed by atoms with Crippen LogP contribution in [0.4, 0.5) is 0 Å². The summed E-state index contributed by atoms with van der Waals surface area (Å²) < 4.78 is 35.7. The van der Waals surface area contributed by atoms with E-state index in [1.165, 1.54) is 15.1 Å². The summed E-state index contributed by atoms with van der Waals surface area (Å²) in [6.45, 7) is 2.41. The lowest BCUT2D eigenvalue weighted by Gasteiger charge is -2.23. The molecule has 5 aromatic rings. The normalized spacial score (nSPS) is 11.6. The predicted molar refractivity (Wildman–Crippen MR) is 144 cm³/mol. The molecule has 4 aromatic carbocycles. The Morgan fingerprint density at radius 1 is 0.730 bits per heavy atom. The Morgan fingerprint density at radius 2 is 1.27 bits per heavy atom. The monoisotopic (exact) mass is 510 g/mol. The number of oxazole rings is 1. The van der Waals surface area contributed by atoms with Crippen molar-refractivity contribution in [3.05, 3.63) is 143 Å². The number of aryl methyl sites for hydroxylation is 1. The van der Waals surface area contributed by atoms with Crippen LogP contribution in [-0.4, -0.2) is 17.3 Å². The van der Waals surface area contributed by atoms with Crippen molar-refractivity contribution in [3.63, 3.8) is 0 Å². The van der Waals surface area contributed by atoms with Crippen LogP contribution in [0.25, 0.3) is 16.9 Å². The molecule has 0 aliphatic rings. The van der Waals surface area contributed by atoms with Crippen molar-refractivity contribution in [2.24, 2.45) is 0 Å². The van der Waals surface area contributed by atoms with Crippen molar-refractivity contribution >= 4 is 10.0 Å². The molecule has 1 heterocycles. The molecule has 0 saturated heterocycles. The van der Waals surface area contributed by atoms with Gasteiger partial charge < -0.3 is 4.42 Å². The van der Waals surface area contributed by atoms with E-state index in [2.05, 4.69) is 0 Å². The molecule has 0 spiro atoms. The van der Waals surface area contributed by atoms with Gasteiger partial charge in [0.2, 0.25) is 10.0 Å². The van der Waals surface area contributed by atoms with Gasteiger partial charge >= 0.3 is 5.76 Å². The van der Waals surface area contributed by atoms with E-state index in [-0.39, 0.29) is 18.0 Å². The summed E-state index contributed by atoms with van der Waals surface area (Å²) in [4.78, 5) is 12.7. The highest BCUT2D eigenvalue weighted by Crippen LogP contribution is 2.27. The number of aromatic nitrogens is 1. The predicted octanol–water partition coefficient (Wildman–Crippen LogP) is 5.80. The largest absolute Gasteiger partial charge is 0.424 e. The number of benzene rings is 4. The van der Waals surface area contributed by atoms with Crippen molar-refractivity contribution in [2.75, 3.05) is 0 Å². The molecule has 5 rings (SSSR count). The highest BCUT2D eigenvalue weighted by molar-refractivity contribution is 7.89. The van der Waals surface area contributed by atoms with Crippen molar-refractivity contribution < 1.29 is 12.8 Å². The van der Waals surface area contributed by atoms with Crippen molar-refractivity contribution in [3.8, 4) is 16.9 Å². The number of para-hydroxylation sites is 1. The third-order valence-corrected chi connectivity index (χ3v) is 8.05. The molecule has 37 heavy (non-hydrogen) atoms. The van der Waals surface area contributed by atoms with E-state index < -0.39 is 15.8 Å². The number of sulfonamides is 1. The number of hydrogen-bond donors (Lipinski definition) is 0. The van der Waals surface area contributed by atoms with Gasteiger partial charge in [0.05, 0.1) is 16.3 Å². The van der Waals surface area contributed by atoms with Crippen LogP contribution in [0.2, 0.25) is 0 Å². The zero-order valence-corrected chi connectivity index (χ0v) is 21.1. The van der Waals surface area contributed by atoms with Gasteiger partial charge in [-0.05, 0) is 41.8 Å². The number of rotatable bonds is 8. The summed E-state index contributed by atoms with van der Waals surface area (Å²) in [5, 5.41) is 0. The second-order valence-electron chi connectivity index (χ2n) is 8.78. The molecular weight excluding hydrogens is 484 g/mol. The second kappa shape index (κ2) is 10.4. The van der Waals surface area contributed by atoms with E-state index in [0.717, 1.165) is 16.7 Å². The molecule has 0 aliphatic heterocycles. The van der Waals surface area contributed by atoms with Crippen molar-refractivity contribution in [1.29, 1.82) is 0 Å². The van der Waals surface area contributed by atoms with Gasteiger partial charge in [-0.2, -0.15) is 4.31 Å². The standard InChI is InChI=1S/C30H26N2O4S/c1-23-10-8-9-15-28(23)32-29(22-36-30(32)33)26-16-18-27(19-17-26)37(34,35)31(20-24-11-4-2-5-12-24)21-25-13-6-3-7-14-25/h2-19,22H,20-21H2,1H3. The van der Waals surface area contributed by atoms with Crippen LogP contribution >= 0.6 is 0 Å². The molecule has 0 aliphatic carbocycles. The Kier molecular flexibility index (Phi) is 6.90. The summed E-state index contributed by atoms with van der Waals surface area (Å²) >= 11 is 0. The van der Waals surface area contributed by atoms with Gasteiger partial charge in [0.1, 0.15) is 6.26 Å². The molecular formula is C30H26N2O4S.